The van der Waals surface area contributed by atoms with Crippen LogP contribution in [0.4, 0.5) is 0 Å². The highest BCUT2D eigenvalue weighted by Gasteiger charge is 2.17. The van der Waals surface area contributed by atoms with Gasteiger partial charge in [-0.15, -0.1) is 12.4 Å². The minimum absolute atomic E-state index is 0. The number of ether oxygens (including phenoxy) is 3. The van der Waals surface area contributed by atoms with Crippen molar-refractivity contribution in [2.45, 2.75) is 25.8 Å². The average Bonchev–Trinajstić information content (AvgIpc) is 2.59. The Balaban J connectivity index is 0.00000288. The number of methoxy groups -OCH3 is 3. The van der Waals surface area contributed by atoms with Gasteiger partial charge >= 0.3 is 0 Å². The molecule has 7 heteroatoms. The number of carbonyl (C=O) groups is 1. The first-order valence-corrected chi connectivity index (χ1v) is 7.94. The maximum Gasteiger partial charge on any atom is 0.220 e. The second-order valence-electron chi connectivity index (χ2n) is 5.69. The molecule has 1 aliphatic rings. The van der Waals surface area contributed by atoms with Crippen molar-refractivity contribution in [1.29, 1.82) is 0 Å². The van der Waals surface area contributed by atoms with Gasteiger partial charge in [0.2, 0.25) is 5.91 Å². The molecule has 0 spiro atoms. The van der Waals surface area contributed by atoms with Crippen molar-refractivity contribution in [1.82, 2.24) is 10.6 Å². The summed E-state index contributed by atoms with van der Waals surface area (Å²) in [6, 6.07) is 3.61. The predicted molar refractivity (Wildman–Crippen MR) is 95.4 cm³/mol. The second-order valence-corrected chi connectivity index (χ2v) is 5.69. The van der Waals surface area contributed by atoms with Crippen LogP contribution >= 0.6 is 12.4 Å². The predicted octanol–water partition coefficient (Wildman–Crippen LogP) is 2.14. The largest absolute Gasteiger partial charge is 0.496 e. The number of rotatable bonds is 7. The van der Waals surface area contributed by atoms with Gasteiger partial charge in [0.25, 0.3) is 0 Å². The SMILES string of the molecule is COc1cc(OC)c(OC)cc1CNC(=O)CC1CCNCC1.Cl. The lowest BCUT2D eigenvalue weighted by Gasteiger charge is -2.22. The summed E-state index contributed by atoms with van der Waals surface area (Å²) in [4.78, 5) is 12.1. The summed E-state index contributed by atoms with van der Waals surface area (Å²) >= 11 is 0. The minimum Gasteiger partial charge on any atom is -0.496 e. The Hall–Kier alpha value is -1.66. The maximum atomic E-state index is 12.1. The lowest BCUT2D eigenvalue weighted by Crippen LogP contribution is -2.32. The van der Waals surface area contributed by atoms with Crippen LogP contribution in [-0.2, 0) is 11.3 Å². The van der Waals surface area contributed by atoms with Gasteiger partial charge in [0.05, 0.1) is 21.3 Å². The van der Waals surface area contributed by atoms with E-state index in [1.54, 1.807) is 27.4 Å². The zero-order valence-corrected chi connectivity index (χ0v) is 15.3. The third-order valence-electron chi connectivity index (χ3n) is 4.20. The number of hydrogen-bond donors (Lipinski definition) is 2. The first-order chi connectivity index (χ1) is 11.2. The first kappa shape index (κ1) is 20.4. The number of hydrogen-bond acceptors (Lipinski definition) is 5. The van der Waals surface area contributed by atoms with Crippen molar-refractivity contribution in [3.63, 3.8) is 0 Å². The highest BCUT2D eigenvalue weighted by Crippen LogP contribution is 2.34. The van der Waals surface area contributed by atoms with Crippen molar-refractivity contribution < 1.29 is 19.0 Å². The number of halogens is 1. The Morgan fingerprint density at radius 1 is 1.08 bits per heavy atom. The summed E-state index contributed by atoms with van der Waals surface area (Å²) in [5, 5.41) is 6.28. The Morgan fingerprint density at radius 2 is 1.67 bits per heavy atom. The summed E-state index contributed by atoms with van der Waals surface area (Å²) in [7, 11) is 4.77. The van der Waals surface area contributed by atoms with E-state index in [9.17, 15) is 4.79 Å². The van der Waals surface area contributed by atoms with Gasteiger partial charge in [-0.05, 0) is 37.9 Å². The van der Waals surface area contributed by atoms with Gasteiger partial charge in [0, 0.05) is 24.6 Å². The molecule has 0 atom stereocenters. The van der Waals surface area contributed by atoms with Crippen LogP contribution in [0.25, 0.3) is 0 Å². The Kier molecular flexibility index (Phi) is 8.71. The van der Waals surface area contributed by atoms with Gasteiger partial charge in [-0.2, -0.15) is 0 Å². The van der Waals surface area contributed by atoms with E-state index in [-0.39, 0.29) is 18.3 Å². The van der Waals surface area contributed by atoms with Gasteiger partial charge in [-0.25, -0.2) is 0 Å². The molecule has 2 rings (SSSR count). The fourth-order valence-electron chi connectivity index (χ4n) is 2.84. The van der Waals surface area contributed by atoms with E-state index >= 15 is 0 Å². The highest BCUT2D eigenvalue weighted by molar-refractivity contribution is 5.85. The summed E-state index contributed by atoms with van der Waals surface area (Å²) in [6.45, 7) is 2.41. The molecule has 1 amide bonds. The summed E-state index contributed by atoms with van der Waals surface area (Å²) in [6.07, 6.45) is 2.71. The fraction of sp³-hybridized carbons (Fsp3) is 0.588. The van der Waals surface area contributed by atoms with Crippen LogP contribution in [-0.4, -0.2) is 40.3 Å². The molecule has 2 N–H and O–H groups in total. The molecule has 0 bridgehead atoms. The molecule has 24 heavy (non-hydrogen) atoms. The average molecular weight is 359 g/mol. The topological polar surface area (TPSA) is 68.8 Å². The van der Waals surface area contributed by atoms with Gasteiger partial charge in [-0.3, -0.25) is 4.79 Å². The van der Waals surface area contributed by atoms with Crippen LogP contribution in [0.2, 0.25) is 0 Å². The third kappa shape index (κ3) is 5.46. The normalized spacial score (nSPS) is 14.5. The Bertz CT molecular complexity index is 534. The molecular weight excluding hydrogens is 332 g/mol. The van der Waals surface area contributed by atoms with E-state index in [2.05, 4.69) is 10.6 Å². The van der Waals surface area contributed by atoms with E-state index in [0.29, 0.717) is 36.1 Å². The smallest absolute Gasteiger partial charge is 0.220 e. The maximum absolute atomic E-state index is 12.1. The molecule has 1 aliphatic heterocycles. The molecule has 0 aliphatic carbocycles. The number of nitrogens with one attached hydrogen (secondary N) is 2. The molecule has 0 saturated carbocycles. The van der Waals surface area contributed by atoms with Gasteiger partial charge < -0.3 is 24.8 Å². The lowest BCUT2D eigenvalue weighted by atomic mass is 9.94. The standard InChI is InChI=1S/C17H26N2O4.ClH/c1-21-14-10-16(23-3)15(22-2)9-13(14)11-19-17(20)8-12-4-6-18-7-5-12;/h9-10,12,18H,4-8,11H2,1-3H3,(H,19,20);1H. The van der Waals surface area contributed by atoms with E-state index < -0.39 is 0 Å². The molecule has 1 fully saturated rings. The number of piperidine rings is 1. The molecule has 1 aromatic carbocycles. The van der Waals surface area contributed by atoms with Gasteiger partial charge in [-0.1, -0.05) is 0 Å². The molecule has 1 saturated heterocycles. The van der Waals surface area contributed by atoms with Crippen molar-refractivity contribution >= 4 is 18.3 Å². The Morgan fingerprint density at radius 3 is 2.25 bits per heavy atom. The van der Waals surface area contributed by atoms with Gasteiger partial charge in [0.15, 0.2) is 11.5 Å². The molecule has 0 radical (unpaired) electrons. The van der Waals surface area contributed by atoms with Crippen LogP contribution in [0, 0.1) is 5.92 Å². The monoisotopic (exact) mass is 358 g/mol. The zero-order valence-electron chi connectivity index (χ0n) is 14.5. The molecule has 0 aromatic heterocycles. The number of carbonyl (C=O) groups excluding carboxylic acids is 1. The van der Waals surface area contributed by atoms with Gasteiger partial charge in [0.1, 0.15) is 5.75 Å². The molecule has 6 nitrogen and oxygen atoms in total. The summed E-state index contributed by atoms with van der Waals surface area (Å²) in [5.74, 6) is 2.45. The first-order valence-electron chi connectivity index (χ1n) is 7.94. The van der Waals surface area contributed by atoms with E-state index in [4.69, 9.17) is 14.2 Å². The number of benzene rings is 1. The van der Waals surface area contributed by atoms with Crippen LogP contribution in [0.1, 0.15) is 24.8 Å². The quantitative estimate of drug-likeness (QED) is 0.781. The fourth-order valence-corrected chi connectivity index (χ4v) is 2.84. The van der Waals surface area contributed by atoms with Crippen LogP contribution in [0.5, 0.6) is 17.2 Å². The van der Waals surface area contributed by atoms with Crippen molar-refractivity contribution in [2.75, 3.05) is 34.4 Å². The molecule has 136 valence electrons. The molecule has 1 aromatic rings. The summed E-state index contributed by atoms with van der Waals surface area (Å²) < 4.78 is 15.9. The zero-order chi connectivity index (χ0) is 16.7. The number of amides is 1. The van der Waals surface area contributed by atoms with Crippen LogP contribution in [0.15, 0.2) is 12.1 Å². The Labute approximate surface area is 149 Å². The van der Waals surface area contributed by atoms with Crippen LogP contribution in [0.3, 0.4) is 0 Å². The highest BCUT2D eigenvalue weighted by atomic mass is 35.5. The van der Waals surface area contributed by atoms with Crippen LogP contribution < -0.4 is 24.8 Å². The summed E-state index contributed by atoms with van der Waals surface area (Å²) in [5.41, 5.74) is 0.865. The van der Waals surface area contributed by atoms with Crippen molar-refractivity contribution in [2.24, 2.45) is 5.92 Å². The second kappa shape index (κ2) is 10.3. The van der Waals surface area contributed by atoms with Crippen molar-refractivity contribution in [3.8, 4) is 17.2 Å². The van der Waals surface area contributed by atoms with E-state index in [1.165, 1.54) is 0 Å². The molecular formula is C17H27ClN2O4. The lowest BCUT2D eigenvalue weighted by molar-refractivity contribution is -0.122. The molecule has 1 heterocycles. The molecule has 0 unspecified atom stereocenters. The third-order valence-corrected chi connectivity index (χ3v) is 4.20. The minimum atomic E-state index is 0. The van der Waals surface area contributed by atoms with E-state index in [0.717, 1.165) is 31.5 Å². The van der Waals surface area contributed by atoms with E-state index in [1.807, 2.05) is 6.07 Å². The van der Waals surface area contributed by atoms with Crippen molar-refractivity contribution in [3.05, 3.63) is 17.7 Å².